The van der Waals surface area contributed by atoms with E-state index in [0.29, 0.717) is 38.2 Å². The number of aliphatic hydroxyl groups is 1. The summed E-state index contributed by atoms with van der Waals surface area (Å²) in [7, 11) is 0. The zero-order valence-corrected chi connectivity index (χ0v) is 18.2. The average molecular weight is 458 g/mol. The lowest BCUT2D eigenvalue weighted by molar-refractivity contribution is 0.102. The molecule has 0 radical (unpaired) electrons. The fraction of sp³-hybridized carbons (Fsp3) is 0.130. The van der Waals surface area contributed by atoms with E-state index in [0.717, 1.165) is 0 Å². The summed E-state index contributed by atoms with van der Waals surface area (Å²) in [6.45, 7) is 1.68. The number of hydrogen-bond donors (Lipinski definition) is 3. The number of urea groups is 1. The summed E-state index contributed by atoms with van der Waals surface area (Å²) >= 11 is 11.7. The first-order valence-corrected chi connectivity index (χ1v) is 10.3. The van der Waals surface area contributed by atoms with Crippen LogP contribution in [0.4, 0.5) is 21.9 Å². The monoisotopic (exact) mass is 457 g/mol. The molecule has 8 heteroatoms. The molecule has 3 aromatic carbocycles. The van der Waals surface area contributed by atoms with Crippen molar-refractivity contribution in [3.8, 4) is 0 Å². The summed E-state index contributed by atoms with van der Waals surface area (Å²) in [5.41, 5.74) is 2.94. The Morgan fingerprint density at radius 1 is 0.871 bits per heavy atom. The summed E-state index contributed by atoms with van der Waals surface area (Å²) in [4.78, 5) is 26.8. The van der Waals surface area contributed by atoms with Crippen LogP contribution in [0.25, 0.3) is 0 Å². The smallest absolute Gasteiger partial charge is 0.326 e. The molecule has 6 nitrogen and oxygen atoms in total. The van der Waals surface area contributed by atoms with Gasteiger partial charge in [-0.1, -0.05) is 23.2 Å². The second-order valence-electron chi connectivity index (χ2n) is 6.77. The van der Waals surface area contributed by atoms with E-state index in [1.54, 1.807) is 73.7 Å². The Morgan fingerprint density at radius 3 is 1.94 bits per heavy atom. The zero-order chi connectivity index (χ0) is 22.4. The molecular weight excluding hydrogens is 437 g/mol. The second-order valence-corrected chi connectivity index (χ2v) is 7.65. The Labute approximate surface area is 190 Å². The number of halogens is 2. The minimum atomic E-state index is -0.405. The fourth-order valence-corrected chi connectivity index (χ4v) is 3.24. The Hall–Kier alpha value is -3.06. The number of amides is 3. The predicted octanol–water partition coefficient (Wildman–Crippen LogP) is 5.58. The molecule has 0 heterocycles. The van der Waals surface area contributed by atoms with Crippen molar-refractivity contribution < 1.29 is 14.7 Å². The maximum atomic E-state index is 12.8. The molecule has 0 aliphatic carbocycles. The first-order chi connectivity index (χ1) is 14.9. The Balaban J connectivity index is 1.77. The second kappa shape index (κ2) is 10.3. The topological polar surface area (TPSA) is 81.7 Å². The molecule has 0 unspecified atom stereocenters. The van der Waals surface area contributed by atoms with Gasteiger partial charge >= 0.3 is 6.03 Å². The number of benzene rings is 3. The van der Waals surface area contributed by atoms with Crippen molar-refractivity contribution in [3.63, 3.8) is 0 Å². The number of carbonyl (C=O) groups is 2. The molecule has 0 atom stereocenters. The fourth-order valence-electron chi connectivity index (χ4n) is 2.99. The van der Waals surface area contributed by atoms with Crippen molar-refractivity contribution in [1.82, 2.24) is 0 Å². The van der Waals surface area contributed by atoms with Gasteiger partial charge in [-0.15, -0.1) is 0 Å². The standard InChI is InChI=1S/C23H21Cl2N3O3/c1-15-14-16(22(30)26-19-7-3-17(24)4-8-19)2-11-21(15)28(12-13-29)23(31)27-20-9-5-18(25)6-10-20/h2-11,14,29H,12-13H2,1H3,(H,26,30)(H,27,31). The van der Waals surface area contributed by atoms with Crippen LogP contribution < -0.4 is 15.5 Å². The highest BCUT2D eigenvalue weighted by molar-refractivity contribution is 6.31. The quantitative estimate of drug-likeness (QED) is 0.451. The third kappa shape index (κ3) is 5.98. The van der Waals surface area contributed by atoms with Gasteiger partial charge in [-0.25, -0.2) is 4.79 Å². The zero-order valence-electron chi connectivity index (χ0n) is 16.7. The molecule has 0 saturated heterocycles. The predicted molar refractivity (Wildman–Crippen MR) is 125 cm³/mol. The number of anilines is 3. The maximum absolute atomic E-state index is 12.8. The molecule has 0 saturated carbocycles. The summed E-state index contributed by atoms with van der Waals surface area (Å²) in [6.07, 6.45) is 0. The number of aliphatic hydroxyl groups excluding tert-OH is 1. The van der Waals surface area contributed by atoms with E-state index < -0.39 is 6.03 Å². The van der Waals surface area contributed by atoms with E-state index in [2.05, 4.69) is 10.6 Å². The minimum absolute atomic E-state index is 0.0938. The van der Waals surface area contributed by atoms with E-state index in [9.17, 15) is 14.7 Å². The molecule has 0 aliphatic heterocycles. The molecular formula is C23H21Cl2N3O3. The number of nitrogens with one attached hydrogen (secondary N) is 2. The summed E-state index contributed by atoms with van der Waals surface area (Å²) in [5.74, 6) is -0.281. The average Bonchev–Trinajstić information content (AvgIpc) is 2.75. The molecule has 0 aliphatic rings. The van der Waals surface area contributed by atoms with Crippen LogP contribution in [-0.4, -0.2) is 30.2 Å². The van der Waals surface area contributed by atoms with Crippen LogP contribution in [0.3, 0.4) is 0 Å². The summed E-state index contributed by atoms with van der Waals surface area (Å²) in [5, 5.41) is 16.2. The lowest BCUT2D eigenvalue weighted by Crippen LogP contribution is -2.37. The molecule has 3 N–H and O–H groups in total. The number of rotatable bonds is 6. The summed E-state index contributed by atoms with van der Waals surface area (Å²) in [6, 6.07) is 18.1. The van der Waals surface area contributed by atoms with Crippen LogP contribution in [0.5, 0.6) is 0 Å². The lowest BCUT2D eigenvalue weighted by atomic mass is 10.1. The Kier molecular flexibility index (Phi) is 7.52. The summed E-state index contributed by atoms with van der Waals surface area (Å²) < 4.78 is 0. The van der Waals surface area contributed by atoms with Gasteiger partial charge in [-0.2, -0.15) is 0 Å². The maximum Gasteiger partial charge on any atom is 0.326 e. The van der Waals surface area contributed by atoms with Gasteiger partial charge in [0.25, 0.3) is 5.91 Å². The van der Waals surface area contributed by atoms with E-state index in [1.165, 1.54) is 4.90 Å². The van der Waals surface area contributed by atoms with Crippen LogP contribution in [0.1, 0.15) is 15.9 Å². The molecule has 31 heavy (non-hydrogen) atoms. The minimum Gasteiger partial charge on any atom is -0.395 e. The molecule has 0 fully saturated rings. The van der Waals surface area contributed by atoms with Gasteiger partial charge in [0.2, 0.25) is 0 Å². The van der Waals surface area contributed by atoms with Gasteiger partial charge in [-0.05, 0) is 79.2 Å². The van der Waals surface area contributed by atoms with Gasteiger partial charge in [-0.3, -0.25) is 9.69 Å². The van der Waals surface area contributed by atoms with Crippen LogP contribution >= 0.6 is 23.2 Å². The molecule has 3 amide bonds. The van der Waals surface area contributed by atoms with Crippen molar-refractivity contribution in [3.05, 3.63) is 87.9 Å². The van der Waals surface area contributed by atoms with Crippen molar-refractivity contribution in [1.29, 1.82) is 0 Å². The van der Waals surface area contributed by atoms with Crippen LogP contribution in [-0.2, 0) is 0 Å². The first kappa shape index (κ1) is 22.6. The highest BCUT2D eigenvalue weighted by Crippen LogP contribution is 2.24. The number of aryl methyl sites for hydroxylation is 1. The van der Waals surface area contributed by atoms with Crippen molar-refractivity contribution >= 4 is 52.2 Å². The molecule has 3 aromatic rings. The molecule has 0 bridgehead atoms. The van der Waals surface area contributed by atoms with Crippen molar-refractivity contribution in [2.45, 2.75) is 6.92 Å². The number of hydrogen-bond acceptors (Lipinski definition) is 3. The largest absolute Gasteiger partial charge is 0.395 e. The number of carbonyl (C=O) groups excluding carboxylic acids is 2. The van der Waals surface area contributed by atoms with Gasteiger partial charge < -0.3 is 15.7 Å². The molecule has 0 spiro atoms. The first-order valence-electron chi connectivity index (χ1n) is 9.50. The van der Waals surface area contributed by atoms with Gasteiger partial charge in [0.15, 0.2) is 0 Å². The molecule has 3 rings (SSSR count). The van der Waals surface area contributed by atoms with Gasteiger partial charge in [0.1, 0.15) is 0 Å². The van der Waals surface area contributed by atoms with Crippen LogP contribution in [0.15, 0.2) is 66.7 Å². The molecule has 160 valence electrons. The normalized spacial score (nSPS) is 10.5. The SMILES string of the molecule is Cc1cc(C(=O)Nc2ccc(Cl)cc2)ccc1N(CCO)C(=O)Nc1ccc(Cl)cc1. The highest BCUT2D eigenvalue weighted by Gasteiger charge is 2.19. The van der Waals surface area contributed by atoms with Crippen molar-refractivity contribution in [2.75, 3.05) is 28.7 Å². The third-order valence-electron chi connectivity index (χ3n) is 4.52. The van der Waals surface area contributed by atoms with E-state index in [-0.39, 0.29) is 19.1 Å². The Morgan fingerprint density at radius 2 is 1.42 bits per heavy atom. The Bertz CT molecular complexity index is 1070. The van der Waals surface area contributed by atoms with E-state index >= 15 is 0 Å². The number of nitrogens with zero attached hydrogens (tertiary/aromatic N) is 1. The van der Waals surface area contributed by atoms with E-state index in [4.69, 9.17) is 23.2 Å². The lowest BCUT2D eigenvalue weighted by Gasteiger charge is -2.24. The van der Waals surface area contributed by atoms with Crippen LogP contribution in [0, 0.1) is 6.92 Å². The van der Waals surface area contributed by atoms with Gasteiger partial charge in [0, 0.05) is 32.7 Å². The van der Waals surface area contributed by atoms with Gasteiger partial charge in [0.05, 0.1) is 13.2 Å². The van der Waals surface area contributed by atoms with E-state index in [1.807, 2.05) is 0 Å². The third-order valence-corrected chi connectivity index (χ3v) is 5.02. The van der Waals surface area contributed by atoms with Crippen LogP contribution in [0.2, 0.25) is 10.0 Å². The van der Waals surface area contributed by atoms with Crippen molar-refractivity contribution in [2.24, 2.45) is 0 Å². The molecule has 0 aromatic heterocycles. The highest BCUT2D eigenvalue weighted by atomic mass is 35.5.